The van der Waals surface area contributed by atoms with Gasteiger partial charge in [-0.1, -0.05) is 18.2 Å². The minimum absolute atomic E-state index is 0.321. The van der Waals surface area contributed by atoms with Gasteiger partial charge in [-0.3, -0.25) is 9.69 Å². The number of carbonyl (C=O) groups excluding carboxylic acids is 1. The predicted molar refractivity (Wildman–Crippen MR) is 103 cm³/mol. The van der Waals surface area contributed by atoms with Crippen LogP contribution in [0.5, 0.6) is 0 Å². The maximum Gasteiger partial charge on any atom is 0.222 e. The van der Waals surface area contributed by atoms with E-state index in [1.165, 1.54) is 10.9 Å². The van der Waals surface area contributed by atoms with Crippen LogP contribution in [0.25, 0.3) is 11.0 Å². The van der Waals surface area contributed by atoms with E-state index in [-0.39, 0.29) is 0 Å². The summed E-state index contributed by atoms with van der Waals surface area (Å²) in [6.45, 7) is 6.55. The summed E-state index contributed by atoms with van der Waals surface area (Å²) < 4.78 is 6.11. The summed E-state index contributed by atoms with van der Waals surface area (Å²) >= 11 is 0. The van der Waals surface area contributed by atoms with Crippen LogP contribution >= 0.6 is 0 Å². The highest BCUT2D eigenvalue weighted by Gasteiger charge is 2.39. The normalized spacial score (nSPS) is 24.2. The molecule has 2 fully saturated rings. The first kappa shape index (κ1) is 17.6. The minimum Gasteiger partial charge on any atom is -0.459 e. The van der Waals surface area contributed by atoms with E-state index in [1.807, 2.05) is 12.1 Å². The SMILES string of the molecule is Cc1c(CN2CC[C@@H]3[C@@H](CCC(=O)N3CCCN)C2)oc2ccccc12. The highest BCUT2D eigenvalue weighted by atomic mass is 16.3. The molecule has 5 heteroatoms. The second-order valence-electron chi connectivity index (χ2n) is 7.77. The standard InChI is InChI=1S/C21H29N3O2/c1-15-17-5-2-3-6-19(17)26-20(15)14-23-12-9-18-16(13-23)7-8-21(25)24(18)11-4-10-22/h2-3,5-6,16,18H,4,7-14,22H2,1H3/t16-,18+/m0/s1. The molecule has 0 saturated carbocycles. The fourth-order valence-corrected chi connectivity index (χ4v) is 4.70. The van der Waals surface area contributed by atoms with Gasteiger partial charge in [0.1, 0.15) is 11.3 Å². The van der Waals surface area contributed by atoms with Crippen molar-refractivity contribution in [2.75, 3.05) is 26.2 Å². The first-order valence-electron chi connectivity index (χ1n) is 9.86. The molecule has 1 aromatic carbocycles. The van der Waals surface area contributed by atoms with Crippen molar-refractivity contribution < 1.29 is 9.21 Å². The Morgan fingerprint density at radius 3 is 2.92 bits per heavy atom. The lowest BCUT2D eigenvalue weighted by molar-refractivity contribution is -0.141. The molecular formula is C21H29N3O2. The van der Waals surface area contributed by atoms with Gasteiger partial charge < -0.3 is 15.1 Å². The summed E-state index contributed by atoms with van der Waals surface area (Å²) in [6, 6.07) is 8.66. The lowest BCUT2D eigenvalue weighted by Crippen LogP contribution is -2.56. The van der Waals surface area contributed by atoms with Crippen molar-refractivity contribution in [2.45, 2.75) is 45.2 Å². The molecule has 1 amide bonds. The Balaban J connectivity index is 1.45. The van der Waals surface area contributed by atoms with Crippen LogP contribution in [0.1, 0.15) is 37.0 Å². The number of hydrogen-bond acceptors (Lipinski definition) is 4. The summed E-state index contributed by atoms with van der Waals surface area (Å²) in [6.07, 6.45) is 3.65. The van der Waals surface area contributed by atoms with Crippen molar-refractivity contribution in [3.05, 3.63) is 35.6 Å². The molecule has 3 heterocycles. The molecule has 2 aliphatic rings. The van der Waals surface area contributed by atoms with Gasteiger partial charge in [-0.15, -0.1) is 0 Å². The number of likely N-dealkylation sites (tertiary alicyclic amines) is 2. The molecule has 26 heavy (non-hydrogen) atoms. The zero-order valence-electron chi connectivity index (χ0n) is 15.6. The van der Waals surface area contributed by atoms with Crippen molar-refractivity contribution in [3.8, 4) is 0 Å². The number of furan rings is 1. The van der Waals surface area contributed by atoms with Crippen LogP contribution in [-0.2, 0) is 11.3 Å². The number of carbonyl (C=O) groups is 1. The first-order valence-corrected chi connectivity index (χ1v) is 9.86. The number of aryl methyl sites for hydroxylation is 1. The quantitative estimate of drug-likeness (QED) is 0.896. The molecule has 2 N–H and O–H groups in total. The number of rotatable bonds is 5. The van der Waals surface area contributed by atoms with Gasteiger partial charge in [-0.2, -0.15) is 0 Å². The molecule has 0 spiro atoms. The van der Waals surface area contributed by atoms with E-state index < -0.39 is 0 Å². The van der Waals surface area contributed by atoms with Crippen molar-refractivity contribution in [1.82, 2.24) is 9.80 Å². The summed E-state index contributed by atoms with van der Waals surface area (Å²) in [5, 5.41) is 1.22. The number of piperidine rings is 2. The summed E-state index contributed by atoms with van der Waals surface area (Å²) in [5.41, 5.74) is 7.89. The Bertz CT molecular complexity index is 785. The third-order valence-corrected chi connectivity index (χ3v) is 6.14. The zero-order chi connectivity index (χ0) is 18.1. The van der Waals surface area contributed by atoms with Gasteiger partial charge in [0.25, 0.3) is 0 Å². The van der Waals surface area contributed by atoms with Crippen molar-refractivity contribution in [2.24, 2.45) is 11.7 Å². The van der Waals surface area contributed by atoms with Crippen LogP contribution in [0.3, 0.4) is 0 Å². The van der Waals surface area contributed by atoms with Crippen molar-refractivity contribution in [3.63, 3.8) is 0 Å². The molecule has 2 atom stereocenters. The van der Waals surface area contributed by atoms with Crippen LogP contribution in [0, 0.1) is 12.8 Å². The van der Waals surface area contributed by atoms with E-state index in [2.05, 4.69) is 28.9 Å². The second kappa shape index (κ2) is 7.41. The maximum absolute atomic E-state index is 12.3. The number of amides is 1. The Hall–Kier alpha value is -1.85. The number of fused-ring (bicyclic) bond motifs is 2. The van der Waals surface area contributed by atoms with Gasteiger partial charge in [0, 0.05) is 37.5 Å². The second-order valence-corrected chi connectivity index (χ2v) is 7.77. The van der Waals surface area contributed by atoms with E-state index in [4.69, 9.17) is 10.2 Å². The molecule has 140 valence electrons. The molecule has 2 aromatic rings. The van der Waals surface area contributed by atoms with Crippen LogP contribution in [0.4, 0.5) is 0 Å². The Labute approximate surface area is 155 Å². The van der Waals surface area contributed by atoms with Gasteiger partial charge in [-0.25, -0.2) is 0 Å². The summed E-state index contributed by atoms with van der Waals surface area (Å²) in [4.78, 5) is 16.9. The fourth-order valence-electron chi connectivity index (χ4n) is 4.70. The zero-order valence-corrected chi connectivity index (χ0v) is 15.6. The smallest absolute Gasteiger partial charge is 0.222 e. The van der Waals surface area contributed by atoms with Crippen LogP contribution < -0.4 is 5.73 Å². The van der Waals surface area contributed by atoms with Crippen molar-refractivity contribution >= 4 is 16.9 Å². The Morgan fingerprint density at radius 2 is 2.12 bits per heavy atom. The molecule has 1 aromatic heterocycles. The first-order chi connectivity index (χ1) is 12.7. The molecule has 5 nitrogen and oxygen atoms in total. The van der Waals surface area contributed by atoms with Crippen molar-refractivity contribution in [1.29, 1.82) is 0 Å². The lowest BCUT2D eigenvalue weighted by atomic mass is 9.83. The van der Waals surface area contributed by atoms with Gasteiger partial charge in [-0.05, 0) is 50.3 Å². The van der Waals surface area contributed by atoms with Crippen LogP contribution in [-0.4, -0.2) is 47.9 Å². The highest BCUT2D eigenvalue weighted by Crippen LogP contribution is 2.33. The van der Waals surface area contributed by atoms with E-state index in [0.29, 0.717) is 30.8 Å². The molecule has 0 unspecified atom stereocenters. The van der Waals surface area contributed by atoms with Crippen LogP contribution in [0.2, 0.25) is 0 Å². The van der Waals surface area contributed by atoms with E-state index in [0.717, 1.165) is 56.8 Å². The van der Waals surface area contributed by atoms with E-state index in [1.54, 1.807) is 0 Å². The Kier molecular flexibility index (Phi) is 5.00. The predicted octanol–water partition coefficient (Wildman–Crippen LogP) is 2.90. The Morgan fingerprint density at radius 1 is 1.27 bits per heavy atom. The topological polar surface area (TPSA) is 62.7 Å². The average Bonchev–Trinajstić information content (AvgIpc) is 2.97. The fraction of sp³-hybridized carbons (Fsp3) is 0.571. The molecule has 2 aliphatic heterocycles. The lowest BCUT2D eigenvalue weighted by Gasteiger charge is -2.47. The molecule has 0 radical (unpaired) electrons. The van der Waals surface area contributed by atoms with E-state index in [9.17, 15) is 4.79 Å². The third kappa shape index (κ3) is 3.26. The molecular weight excluding hydrogens is 326 g/mol. The average molecular weight is 355 g/mol. The molecule has 0 bridgehead atoms. The molecule has 2 saturated heterocycles. The number of hydrogen-bond donors (Lipinski definition) is 1. The van der Waals surface area contributed by atoms with Gasteiger partial charge in [0.05, 0.1) is 6.54 Å². The number of para-hydroxylation sites is 1. The van der Waals surface area contributed by atoms with Crippen LogP contribution in [0.15, 0.2) is 28.7 Å². The minimum atomic E-state index is 0.321. The number of nitrogens with two attached hydrogens (primary N) is 1. The summed E-state index contributed by atoms with van der Waals surface area (Å²) in [7, 11) is 0. The molecule has 4 rings (SSSR count). The van der Waals surface area contributed by atoms with E-state index >= 15 is 0 Å². The third-order valence-electron chi connectivity index (χ3n) is 6.14. The van der Waals surface area contributed by atoms with Gasteiger partial charge in [0.2, 0.25) is 5.91 Å². The highest BCUT2D eigenvalue weighted by molar-refractivity contribution is 5.81. The monoisotopic (exact) mass is 355 g/mol. The molecule has 0 aliphatic carbocycles. The summed E-state index contributed by atoms with van der Waals surface area (Å²) in [5.74, 6) is 1.97. The number of nitrogens with zero attached hydrogens (tertiary/aromatic N) is 2. The number of benzene rings is 1. The largest absolute Gasteiger partial charge is 0.459 e. The van der Waals surface area contributed by atoms with Gasteiger partial charge in [0.15, 0.2) is 0 Å². The van der Waals surface area contributed by atoms with Gasteiger partial charge >= 0.3 is 0 Å². The maximum atomic E-state index is 12.3.